The molecule has 1 fully saturated rings. The van der Waals surface area contributed by atoms with Crippen LogP contribution in [0.15, 0.2) is 24.5 Å². The third kappa shape index (κ3) is 5.79. The van der Waals surface area contributed by atoms with Crippen molar-refractivity contribution in [2.24, 2.45) is 0 Å². The highest BCUT2D eigenvalue weighted by Gasteiger charge is 2.34. The standard InChI is InChI=1S/C14H23NO4/c1-7-8-10-9-11(18-14(5,6)17-10)15-12(16)19-13(2,3)4/h7-8,11H,1,9H2,2-6H3,(H,15,16)/b10-8+. The summed E-state index contributed by atoms with van der Waals surface area (Å²) in [6.07, 6.45) is 2.85. The minimum atomic E-state index is -0.799. The van der Waals surface area contributed by atoms with Crippen LogP contribution in [0, 0.1) is 0 Å². The second-order valence-electron chi connectivity index (χ2n) is 5.83. The van der Waals surface area contributed by atoms with Crippen molar-refractivity contribution in [3.8, 4) is 0 Å². The molecule has 19 heavy (non-hydrogen) atoms. The Balaban J connectivity index is 2.65. The van der Waals surface area contributed by atoms with E-state index in [1.807, 2.05) is 20.8 Å². The number of ether oxygens (including phenoxy) is 3. The van der Waals surface area contributed by atoms with Gasteiger partial charge in [0.05, 0.1) is 6.42 Å². The second-order valence-corrected chi connectivity index (χ2v) is 5.83. The predicted molar refractivity (Wildman–Crippen MR) is 72.3 cm³/mol. The zero-order chi connectivity index (χ0) is 14.7. The van der Waals surface area contributed by atoms with Crippen molar-refractivity contribution >= 4 is 6.09 Å². The van der Waals surface area contributed by atoms with Crippen molar-refractivity contribution < 1.29 is 19.0 Å². The summed E-state index contributed by atoms with van der Waals surface area (Å²) in [6, 6.07) is 0. The van der Waals surface area contributed by atoms with Crippen molar-refractivity contribution in [1.29, 1.82) is 0 Å². The van der Waals surface area contributed by atoms with Gasteiger partial charge in [-0.25, -0.2) is 4.79 Å². The van der Waals surface area contributed by atoms with Gasteiger partial charge in [-0.1, -0.05) is 12.7 Å². The van der Waals surface area contributed by atoms with Crippen LogP contribution in [0.1, 0.15) is 41.0 Å². The summed E-state index contributed by atoms with van der Waals surface area (Å²) in [5.74, 6) is -0.0837. The van der Waals surface area contributed by atoms with E-state index >= 15 is 0 Å². The molecule has 1 N–H and O–H groups in total. The summed E-state index contributed by atoms with van der Waals surface area (Å²) in [6.45, 7) is 12.6. The molecule has 0 radical (unpaired) electrons. The maximum atomic E-state index is 11.7. The van der Waals surface area contributed by atoms with Gasteiger partial charge in [0.2, 0.25) is 5.79 Å². The lowest BCUT2D eigenvalue weighted by Gasteiger charge is -2.38. The first-order valence-corrected chi connectivity index (χ1v) is 6.29. The lowest BCUT2D eigenvalue weighted by molar-refractivity contribution is -0.251. The third-order valence-electron chi connectivity index (χ3n) is 2.17. The number of carbonyl (C=O) groups excluding carboxylic acids is 1. The molecule has 5 heteroatoms. The molecule has 108 valence electrons. The SMILES string of the molecule is C=C/C=C1\CC(NC(=O)OC(C)(C)C)OC(C)(C)O1. The highest BCUT2D eigenvalue weighted by Crippen LogP contribution is 2.28. The lowest BCUT2D eigenvalue weighted by atomic mass is 10.2. The molecule has 0 saturated carbocycles. The van der Waals surface area contributed by atoms with Gasteiger partial charge < -0.3 is 14.2 Å². The maximum Gasteiger partial charge on any atom is 0.409 e. The fourth-order valence-electron chi connectivity index (χ4n) is 1.70. The van der Waals surface area contributed by atoms with Gasteiger partial charge in [-0.15, -0.1) is 0 Å². The fourth-order valence-corrected chi connectivity index (χ4v) is 1.70. The summed E-state index contributed by atoms with van der Waals surface area (Å²) in [5, 5.41) is 2.68. The topological polar surface area (TPSA) is 56.8 Å². The fraction of sp³-hybridized carbons (Fsp3) is 0.643. The number of carbonyl (C=O) groups is 1. The van der Waals surface area contributed by atoms with Gasteiger partial charge >= 0.3 is 6.09 Å². The van der Waals surface area contributed by atoms with E-state index in [1.165, 1.54) is 0 Å². The summed E-state index contributed by atoms with van der Waals surface area (Å²) in [7, 11) is 0. The molecule has 0 bridgehead atoms. The first-order chi connectivity index (χ1) is 8.61. The zero-order valence-corrected chi connectivity index (χ0v) is 12.3. The molecule has 1 rings (SSSR count). The van der Waals surface area contributed by atoms with E-state index in [9.17, 15) is 4.79 Å². The van der Waals surface area contributed by atoms with Gasteiger partial charge in [0.15, 0.2) is 0 Å². The molecule has 0 aromatic rings. The largest absolute Gasteiger partial charge is 0.467 e. The maximum absolute atomic E-state index is 11.7. The molecule has 0 spiro atoms. The van der Waals surface area contributed by atoms with Crippen molar-refractivity contribution in [3.05, 3.63) is 24.5 Å². The Morgan fingerprint density at radius 1 is 1.53 bits per heavy atom. The highest BCUT2D eigenvalue weighted by molar-refractivity contribution is 5.67. The smallest absolute Gasteiger partial charge is 0.409 e. The number of alkyl carbamates (subject to hydrolysis) is 1. The summed E-state index contributed by atoms with van der Waals surface area (Å²) < 4.78 is 16.4. The normalized spacial score (nSPS) is 24.5. The number of amides is 1. The molecule has 0 aromatic heterocycles. The van der Waals surface area contributed by atoms with Crippen molar-refractivity contribution in [1.82, 2.24) is 5.32 Å². The Labute approximate surface area is 114 Å². The van der Waals surface area contributed by atoms with Crippen LogP contribution in [-0.2, 0) is 14.2 Å². The average molecular weight is 269 g/mol. The molecule has 5 nitrogen and oxygen atoms in total. The first kappa shape index (κ1) is 15.6. The van der Waals surface area contributed by atoms with Crippen LogP contribution >= 0.6 is 0 Å². The molecule has 1 heterocycles. The zero-order valence-electron chi connectivity index (χ0n) is 12.3. The molecule has 0 aliphatic carbocycles. The van der Waals surface area contributed by atoms with Crippen LogP contribution in [0.25, 0.3) is 0 Å². The molecule has 1 amide bonds. The Hall–Kier alpha value is -1.49. The molecule has 1 atom stereocenters. The minimum Gasteiger partial charge on any atom is -0.467 e. The number of allylic oxidation sites excluding steroid dienone is 2. The van der Waals surface area contributed by atoms with E-state index in [1.54, 1.807) is 26.0 Å². The molecule has 0 aromatic carbocycles. The molecule has 1 saturated heterocycles. The Kier molecular flexibility index (Phi) is 4.63. The van der Waals surface area contributed by atoms with Crippen LogP contribution in [0.3, 0.4) is 0 Å². The van der Waals surface area contributed by atoms with E-state index < -0.39 is 23.7 Å². The van der Waals surface area contributed by atoms with Gasteiger partial charge in [0.25, 0.3) is 0 Å². The van der Waals surface area contributed by atoms with Crippen LogP contribution < -0.4 is 5.32 Å². The summed E-state index contributed by atoms with van der Waals surface area (Å²) >= 11 is 0. The lowest BCUT2D eigenvalue weighted by Crippen LogP contribution is -2.48. The van der Waals surface area contributed by atoms with Gasteiger partial charge in [0, 0.05) is 13.8 Å². The summed E-state index contributed by atoms with van der Waals surface area (Å²) in [5.41, 5.74) is -0.537. The van der Waals surface area contributed by atoms with Crippen LogP contribution in [0.5, 0.6) is 0 Å². The van der Waals surface area contributed by atoms with Crippen molar-refractivity contribution in [2.75, 3.05) is 0 Å². The Morgan fingerprint density at radius 2 is 2.16 bits per heavy atom. The Bertz CT molecular complexity index is 379. The highest BCUT2D eigenvalue weighted by atomic mass is 16.7. The second kappa shape index (κ2) is 5.65. The molecule has 1 aliphatic rings. The first-order valence-electron chi connectivity index (χ1n) is 6.29. The van der Waals surface area contributed by atoms with E-state index in [0.717, 1.165) is 0 Å². The summed E-state index contributed by atoms with van der Waals surface area (Å²) in [4.78, 5) is 11.7. The van der Waals surface area contributed by atoms with Gasteiger partial charge in [-0.2, -0.15) is 0 Å². The van der Waals surface area contributed by atoms with Crippen LogP contribution in [0.2, 0.25) is 0 Å². The van der Waals surface area contributed by atoms with Gasteiger partial charge in [0.1, 0.15) is 17.6 Å². The van der Waals surface area contributed by atoms with Crippen LogP contribution in [0.4, 0.5) is 4.79 Å². The van der Waals surface area contributed by atoms with E-state index in [4.69, 9.17) is 14.2 Å². The number of hydrogen-bond acceptors (Lipinski definition) is 4. The quantitative estimate of drug-likeness (QED) is 0.837. The molecular weight excluding hydrogens is 246 g/mol. The Morgan fingerprint density at radius 3 is 2.68 bits per heavy atom. The van der Waals surface area contributed by atoms with Gasteiger partial charge in [-0.3, -0.25) is 5.32 Å². The number of nitrogens with one attached hydrogen (secondary N) is 1. The predicted octanol–water partition coefficient (Wildman–Crippen LogP) is 3.08. The monoisotopic (exact) mass is 269 g/mol. The minimum absolute atomic E-state index is 0.439. The van der Waals surface area contributed by atoms with E-state index in [0.29, 0.717) is 12.2 Å². The van der Waals surface area contributed by atoms with Crippen LogP contribution in [-0.4, -0.2) is 23.7 Å². The van der Waals surface area contributed by atoms with E-state index in [2.05, 4.69) is 11.9 Å². The third-order valence-corrected chi connectivity index (χ3v) is 2.17. The number of rotatable bonds is 2. The van der Waals surface area contributed by atoms with E-state index in [-0.39, 0.29) is 0 Å². The number of hydrogen-bond donors (Lipinski definition) is 1. The van der Waals surface area contributed by atoms with Crippen molar-refractivity contribution in [3.63, 3.8) is 0 Å². The van der Waals surface area contributed by atoms with Crippen molar-refractivity contribution in [2.45, 2.75) is 58.7 Å². The molecule has 1 unspecified atom stereocenters. The van der Waals surface area contributed by atoms with Gasteiger partial charge in [-0.05, 0) is 26.8 Å². The average Bonchev–Trinajstić information content (AvgIpc) is 2.10. The molecular formula is C14H23NO4. The molecule has 1 aliphatic heterocycles.